The van der Waals surface area contributed by atoms with Gasteiger partial charge in [-0.2, -0.15) is 0 Å². The molecule has 0 spiro atoms. The first-order chi connectivity index (χ1) is 12.4. The van der Waals surface area contributed by atoms with Gasteiger partial charge in [-0.15, -0.1) is 0 Å². The number of fused-ring (bicyclic) bond motifs is 1. The van der Waals surface area contributed by atoms with E-state index in [-0.39, 0.29) is 11.3 Å². The Morgan fingerprint density at radius 1 is 1.00 bits per heavy atom. The Morgan fingerprint density at radius 3 is 2.42 bits per heavy atom. The van der Waals surface area contributed by atoms with Crippen LogP contribution in [0.25, 0.3) is 10.9 Å². The van der Waals surface area contributed by atoms with Crippen molar-refractivity contribution in [1.82, 2.24) is 4.57 Å². The summed E-state index contributed by atoms with van der Waals surface area (Å²) >= 11 is 0. The van der Waals surface area contributed by atoms with Gasteiger partial charge < -0.3 is 4.57 Å². The Morgan fingerprint density at radius 2 is 1.73 bits per heavy atom. The Kier molecular flexibility index (Phi) is 5.13. The standard InChI is InChI=1S/C20H22N2O3S/c1-3-12-22-19-10-9-18(13-17(19)8-11-20(22)23)21-26(24,25)14-16-6-4-15(2)5-7-16/h4-11,13,21H,3,12,14H2,1-2H3. The van der Waals surface area contributed by atoms with E-state index in [4.69, 9.17) is 0 Å². The number of aryl methyl sites for hydroxylation is 2. The SMILES string of the molecule is CCCn1c(=O)ccc2cc(NS(=O)(=O)Cc3ccc(C)cc3)ccc21. The van der Waals surface area contributed by atoms with Crippen LogP contribution in [0.3, 0.4) is 0 Å². The molecule has 6 heteroatoms. The zero-order valence-electron chi connectivity index (χ0n) is 14.9. The van der Waals surface area contributed by atoms with Crippen LogP contribution in [0.2, 0.25) is 0 Å². The van der Waals surface area contributed by atoms with Gasteiger partial charge in [0.05, 0.1) is 11.3 Å². The fraction of sp³-hybridized carbons (Fsp3) is 0.250. The quantitative estimate of drug-likeness (QED) is 0.720. The summed E-state index contributed by atoms with van der Waals surface area (Å²) in [4.78, 5) is 12.0. The Balaban J connectivity index is 1.87. The summed E-state index contributed by atoms with van der Waals surface area (Å²) < 4.78 is 29.2. The van der Waals surface area contributed by atoms with E-state index in [9.17, 15) is 13.2 Å². The van der Waals surface area contributed by atoms with Gasteiger partial charge in [0.1, 0.15) is 0 Å². The lowest BCUT2D eigenvalue weighted by molar-refractivity contribution is 0.600. The maximum absolute atomic E-state index is 12.4. The molecular formula is C20H22N2O3S. The topological polar surface area (TPSA) is 68.2 Å². The van der Waals surface area contributed by atoms with E-state index in [0.717, 1.165) is 28.5 Å². The lowest BCUT2D eigenvalue weighted by Gasteiger charge is -2.12. The molecule has 1 N–H and O–H groups in total. The summed E-state index contributed by atoms with van der Waals surface area (Å²) in [6.45, 7) is 4.61. The van der Waals surface area contributed by atoms with Crippen molar-refractivity contribution in [1.29, 1.82) is 0 Å². The number of hydrogen-bond acceptors (Lipinski definition) is 3. The molecule has 136 valence electrons. The third-order valence-corrected chi connectivity index (χ3v) is 5.45. The zero-order chi connectivity index (χ0) is 18.7. The normalized spacial score (nSPS) is 11.6. The second kappa shape index (κ2) is 7.33. The van der Waals surface area contributed by atoms with Crippen LogP contribution < -0.4 is 10.3 Å². The minimum absolute atomic E-state index is 0.0490. The van der Waals surface area contributed by atoms with Crippen molar-refractivity contribution in [3.05, 3.63) is 76.1 Å². The van der Waals surface area contributed by atoms with Crippen LogP contribution in [0.1, 0.15) is 24.5 Å². The summed E-state index contributed by atoms with van der Waals surface area (Å²) in [6, 6.07) is 15.9. The van der Waals surface area contributed by atoms with Crippen molar-refractivity contribution in [2.24, 2.45) is 0 Å². The lowest BCUT2D eigenvalue weighted by atomic mass is 10.2. The highest BCUT2D eigenvalue weighted by molar-refractivity contribution is 7.91. The maximum atomic E-state index is 12.4. The van der Waals surface area contributed by atoms with Crippen molar-refractivity contribution in [3.8, 4) is 0 Å². The van der Waals surface area contributed by atoms with Gasteiger partial charge in [0.2, 0.25) is 10.0 Å². The van der Waals surface area contributed by atoms with Crippen LogP contribution in [0.4, 0.5) is 5.69 Å². The van der Waals surface area contributed by atoms with Crippen LogP contribution in [0.5, 0.6) is 0 Å². The molecule has 1 aromatic heterocycles. The van der Waals surface area contributed by atoms with E-state index in [2.05, 4.69) is 4.72 Å². The molecule has 3 aromatic rings. The average molecular weight is 370 g/mol. The monoisotopic (exact) mass is 370 g/mol. The zero-order valence-corrected chi connectivity index (χ0v) is 15.7. The van der Waals surface area contributed by atoms with E-state index in [0.29, 0.717) is 12.2 Å². The first-order valence-electron chi connectivity index (χ1n) is 8.57. The molecule has 0 bridgehead atoms. The molecular weight excluding hydrogens is 348 g/mol. The molecule has 26 heavy (non-hydrogen) atoms. The highest BCUT2D eigenvalue weighted by Crippen LogP contribution is 2.20. The Bertz CT molecular complexity index is 1080. The van der Waals surface area contributed by atoms with Crippen molar-refractivity contribution < 1.29 is 8.42 Å². The second-order valence-corrected chi connectivity index (χ2v) is 8.17. The van der Waals surface area contributed by atoms with Crippen molar-refractivity contribution >= 4 is 26.6 Å². The van der Waals surface area contributed by atoms with Crippen LogP contribution in [-0.2, 0) is 22.3 Å². The number of benzene rings is 2. The van der Waals surface area contributed by atoms with Gasteiger partial charge >= 0.3 is 0 Å². The highest BCUT2D eigenvalue weighted by atomic mass is 32.2. The van der Waals surface area contributed by atoms with Gasteiger partial charge in [-0.1, -0.05) is 36.8 Å². The molecule has 0 aliphatic carbocycles. The van der Waals surface area contributed by atoms with Crippen molar-refractivity contribution in [3.63, 3.8) is 0 Å². The first-order valence-corrected chi connectivity index (χ1v) is 10.2. The second-order valence-electron chi connectivity index (χ2n) is 6.44. The minimum atomic E-state index is -3.52. The third-order valence-electron chi connectivity index (χ3n) is 4.19. The molecule has 0 aliphatic heterocycles. The summed E-state index contributed by atoms with van der Waals surface area (Å²) in [5.74, 6) is -0.0827. The average Bonchev–Trinajstić information content (AvgIpc) is 2.59. The molecule has 2 aromatic carbocycles. The van der Waals surface area contributed by atoms with Gasteiger partial charge in [-0.25, -0.2) is 8.42 Å². The molecule has 0 atom stereocenters. The van der Waals surface area contributed by atoms with Gasteiger partial charge in [-0.05, 0) is 43.2 Å². The molecule has 0 saturated heterocycles. The summed E-state index contributed by atoms with van der Waals surface area (Å²) in [5, 5.41) is 0.827. The first kappa shape index (κ1) is 18.2. The van der Waals surface area contributed by atoms with Gasteiger partial charge in [0.25, 0.3) is 5.56 Å². The van der Waals surface area contributed by atoms with E-state index < -0.39 is 10.0 Å². The smallest absolute Gasteiger partial charge is 0.251 e. The molecule has 3 rings (SSSR count). The van der Waals surface area contributed by atoms with E-state index >= 15 is 0 Å². The van der Waals surface area contributed by atoms with Crippen molar-refractivity contribution in [2.45, 2.75) is 32.6 Å². The summed E-state index contributed by atoms with van der Waals surface area (Å²) in [5.41, 5.74) is 3.08. The predicted octanol–water partition coefficient (Wildman–Crippen LogP) is 3.66. The van der Waals surface area contributed by atoms with Gasteiger partial charge in [0.15, 0.2) is 0 Å². The van der Waals surface area contributed by atoms with Crippen LogP contribution in [0.15, 0.2) is 59.4 Å². The number of rotatable bonds is 6. The molecule has 1 heterocycles. The fourth-order valence-electron chi connectivity index (χ4n) is 2.94. The molecule has 0 fully saturated rings. The van der Waals surface area contributed by atoms with E-state index in [1.165, 1.54) is 6.07 Å². The minimum Gasteiger partial charge on any atom is -0.308 e. The number of aromatic nitrogens is 1. The molecule has 5 nitrogen and oxygen atoms in total. The van der Waals surface area contributed by atoms with Gasteiger partial charge in [-0.3, -0.25) is 9.52 Å². The fourth-order valence-corrected chi connectivity index (χ4v) is 4.13. The van der Waals surface area contributed by atoms with Gasteiger partial charge in [0, 0.05) is 23.7 Å². The highest BCUT2D eigenvalue weighted by Gasteiger charge is 2.12. The molecule has 0 radical (unpaired) electrons. The summed E-state index contributed by atoms with van der Waals surface area (Å²) in [6.07, 6.45) is 0.851. The third kappa shape index (κ3) is 4.14. The molecule has 0 aliphatic rings. The van der Waals surface area contributed by atoms with Crippen LogP contribution in [-0.4, -0.2) is 13.0 Å². The van der Waals surface area contributed by atoms with E-state index in [1.807, 2.05) is 38.1 Å². The number of pyridine rings is 1. The molecule has 0 unspecified atom stereocenters. The Hall–Kier alpha value is -2.60. The summed E-state index contributed by atoms with van der Waals surface area (Å²) in [7, 11) is -3.52. The number of nitrogens with one attached hydrogen (secondary N) is 1. The van der Waals surface area contributed by atoms with E-state index in [1.54, 1.807) is 28.8 Å². The lowest BCUT2D eigenvalue weighted by Crippen LogP contribution is -2.19. The largest absolute Gasteiger partial charge is 0.308 e. The predicted molar refractivity (Wildman–Crippen MR) is 106 cm³/mol. The number of hydrogen-bond donors (Lipinski definition) is 1. The number of nitrogens with zero attached hydrogens (tertiary/aromatic N) is 1. The molecule has 0 saturated carbocycles. The van der Waals surface area contributed by atoms with Crippen molar-refractivity contribution in [2.75, 3.05) is 4.72 Å². The van der Waals surface area contributed by atoms with Crippen LogP contribution >= 0.6 is 0 Å². The Labute approximate surface area is 153 Å². The number of sulfonamides is 1. The number of anilines is 1. The maximum Gasteiger partial charge on any atom is 0.251 e. The van der Waals surface area contributed by atoms with Crippen LogP contribution in [0, 0.1) is 6.92 Å². The molecule has 0 amide bonds.